The van der Waals surface area contributed by atoms with Crippen LogP contribution in [0.3, 0.4) is 0 Å². The van der Waals surface area contributed by atoms with Crippen LogP contribution in [0.25, 0.3) is 0 Å². The van der Waals surface area contributed by atoms with E-state index in [-0.39, 0.29) is 24.0 Å². The van der Waals surface area contributed by atoms with E-state index in [1.54, 1.807) is 28.4 Å². The number of rotatable bonds is 6. The summed E-state index contributed by atoms with van der Waals surface area (Å²) < 4.78 is 34.1. The fourth-order valence-corrected chi connectivity index (χ4v) is 4.22. The Balaban J connectivity index is 1.60. The zero-order valence-electron chi connectivity index (χ0n) is 16.6. The van der Waals surface area contributed by atoms with Gasteiger partial charge in [-0.3, -0.25) is 0 Å². The summed E-state index contributed by atoms with van der Waals surface area (Å²) in [6, 6.07) is 11.8. The normalized spacial score (nSPS) is 26.0. The van der Waals surface area contributed by atoms with Crippen LogP contribution in [-0.2, 0) is 9.47 Å². The molecular weight excluding hydrogens is 360 g/mol. The van der Waals surface area contributed by atoms with Gasteiger partial charge in [0.05, 0.1) is 53.9 Å². The standard InChI is InChI=1S/C22H26O6/c1-23-15-5-13(6-16(9-15)24-2)21-19-11-28-22(20(19)12-27-21)14-7-17(25-3)10-18(8-14)26-4/h5-10,19-22H,11-12H2,1-4H3/t19-,20-,21+,22+/m0/s1. The van der Waals surface area contributed by atoms with E-state index in [1.165, 1.54) is 0 Å². The van der Waals surface area contributed by atoms with Crippen LogP contribution in [-0.4, -0.2) is 41.7 Å². The smallest absolute Gasteiger partial charge is 0.122 e. The van der Waals surface area contributed by atoms with Gasteiger partial charge in [0.1, 0.15) is 23.0 Å². The van der Waals surface area contributed by atoms with Crippen LogP contribution in [0.2, 0.25) is 0 Å². The van der Waals surface area contributed by atoms with Crippen LogP contribution >= 0.6 is 0 Å². The molecule has 0 spiro atoms. The van der Waals surface area contributed by atoms with Crippen molar-refractivity contribution in [1.29, 1.82) is 0 Å². The highest BCUT2D eigenvalue weighted by molar-refractivity contribution is 5.42. The molecule has 150 valence electrons. The first-order valence-electron chi connectivity index (χ1n) is 9.36. The summed E-state index contributed by atoms with van der Waals surface area (Å²) in [5.41, 5.74) is 2.10. The van der Waals surface area contributed by atoms with E-state index in [9.17, 15) is 0 Å². The molecule has 2 aromatic rings. The quantitative estimate of drug-likeness (QED) is 0.753. The van der Waals surface area contributed by atoms with Crippen LogP contribution < -0.4 is 18.9 Å². The van der Waals surface area contributed by atoms with Gasteiger partial charge >= 0.3 is 0 Å². The number of ether oxygens (including phenoxy) is 6. The Morgan fingerprint density at radius 2 is 0.893 bits per heavy atom. The maximum atomic E-state index is 6.22. The van der Waals surface area contributed by atoms with Gasteiger partial charge in [0.25, 0.3) is 0 Å². The Bertz CT molecular complexity index is 722. The van der Waals surface area contributed by atoms with Crippen molar-refractivity contribution in [2.24, 2.45) is 11.8 Å². The average Bonchev–Trinajstić information content (AvgIpc) is 3.35. The van der Waals surface area contributed by atoms with E-state index in [0.29, 0.717) is 13.2 Å². The van der Waals surface area contributed by atoms with Gasteiger partial charge in [-0.05, 0) is 35.4 Å². The van der Waals surface area contributed by atoms with Crippen molar-refractivity contribution in [3.8, 4) is 23.0 Å². The third-order valence-electron chi connectivity index (χ3n) is 5.67. The molecular formula is C22H26O6. The minimum atomic E-state index is -0.0495. The highest BCUT2D eigenvalue weighted by Crippen LogP contribution is 2.51. The summed E-state index contributed by atoms with van der Waals surface area (Å²) in [4.78, 5) is 0. The van der Waals surface area contributed by atoms with Gasteiger partial charge in [0.15, 0.2) is 0 Å². The molecule has 6 nitrogen and oxygen atoms in total. The molecule has 0 aliphatic carbocycles. The van der Waals surface area contributed by atoms with Crippen LogP contribution in [0.5, 0.6) is 23.0 Å². The molecule has 4 rings (SSSR count). The minimum absolute atomic E-state index is 0.0495. The topological polar surface area (TPSA) is 55.4 Å². The molecule has 0 amide bonds. The largest absolute Gasteiger partial charge is 0.497 e. The number of fused-ring (bicyclic) bond motifs is 1. The first-order valence-corrected chi connectivity index (χ1v) is 9.36. The van der Waals surface area contributed by atoms with Gasteiger partial charge in [0.2, 0.25) is 0 Å². The third kappa shape index (κ3) is 3.38. The fourth-order valence-electron chi connectivity index (χ4n) is 4.22. The Morgan fingerprint density at radius 1 is 0.571 bits per heavy atom. The van der Waals surface area contributed by atoms with Crippen molar-refractivity contribution < 1.29 is 28.4 Å². The molecule has 2 aliphatic heterocycles. The van der Waals surface area contributed by atoms with Crippen molar-refractivity contribution in [2.75, 3.05) is 41.7 Å². The molecule has 0 unspecified atom stereocenters. The summed E-state index contributed by atoms with van der Waals surface area (Å²) in [5.74, 6) is 3.56. The second-order valence-electron chi connectivity index (χ2n) is 7.13. The first kappa shape index (κ1) is 18.9. The van der Waals surface area contributed by atoms with Crippen molar-refractivity contribution in [3.05, 3.63) is 47.5 Å². The molecule has 0 bridgehead atoms. The molecule has 0 radical (unpaired) electrons. The lowest BCUT2D eigenvalue weighted by Gasteiger charge is -2.18. The lowest BCUT2D eigenvalue weighted by molar-refractivity contribution is 0.0190. The summed E-state index contributed by atoms with van der Waals surface area (Å²) in [7, 11) is 6.62. The molecule has 0 aromatic heterocycles. The molecule has 28 heavy (non-hydrogen) atoms. The van der Waals surface area contributed by atoms with Gasteiger partial charge in [0, 0.05) is 24.0 Å². The zero-order chi connectivity index (χ0) is 19.7. The van der Waals surface area contributed by atoms with E-state index >= 15 is 0 Å². The number of hydrogen-bond donors (Lipinski definition) is 0. The van der Waals surface area contributed by atoms with Gasteiger partial charge in [-0.1, -0.05) is 0 Å². The van der Waals surface area contributed by atoms with E-state index in [0.717, 1.165) is 34.1 Å². The van der Waals surface area contributed by atoms with E-state index in [4.69, 9.17) is 28.4 Å². The number of methoxy groups -OCH3 is 4. The Morgan fingerprint density at radius 3 is 1.18 bits per heavy atom. The second kappa shape index (κ2) is 7.89. The van der Waals surface area contributed by atoms with Gasteiger partial charge in [-0.2, -0.15) is 0 Å². The molecule has 0 saturated carbocycles. The molecule has 4 atom stereocenters. The van der Waals surface area contributed by atoms with E-state index < -0.39 is 0 Å². The molecule has 2 heterocycles. The Labute approximate surface area is 165 Å². The van der Waals surface area contributed by atoms with Crippen LogP contribution in [0, 0.1) is 11.8 Å². The fraction of sp³-hybridized carbons (Fsp3) is 0.455. The first-order chi connectivity index (χ1) is 13.7. The predicted octanol–water partition coefficient (Wildman–Crippen LogP) is 3.80. The van der Waals surface area contributed by atoms with Crippen molar-refractivity contribution in [1.82, 2.24) is 0 Å². The van der Waals surface area contributed by atoms with Crippen LogP contribution in [0.15, 0.2) is 36.4 Å². The molecule has 6 heteroatoms. The van der Waals surface area contributed by atoms with Crippen LogP contribution in [0.1, 0.15) is 23.3 Å². The van der Waals surface area contributed by atoms with Crippen molar-refractivity contribution >= 4 is 0 Å². The maximum Gasteiger partial charge on any atom is 0.122 e. The van der Waals surface area contributed by atoms with Crippen LogP contribution in [0.4, 0.5) is 0 Å². The lowest BCUT2D eigenvalue weighted by atomic mass is 9.85. The summed E-state index contributed by atoms with van der Waals surface area (Å²) in [6.45, 7) is 1.28. The monoisotopic (exact) mass is 386 g/mol. The number of hydrogen-bond acceptors (Lipinski definition) is 6. The lowest BCUT2D eigenvalue weighted by Crippen LogP contribution is -2.14. The Kier molecular flexibility index (Phi) is 5.33. The Hall–Kier alpha value is -2.44. The molecule has 2 fully saturated rings. The van der Waals surface area contributed by atoms with Crippen molar-refractivity contribution in [2.45, 2.75) is 12.2 Å². The molecule has 2 aliphatic rings. The van der Waals surface area contributed by atoms with Gasteiger partial charge in [-0.25, -0.2) is 0 Å². The molecule has 2 aromatic carbocycles. The minimum Gasteiger partial charge on any atom is -0.497 e. The highest BCUT2D eigenvalue weighted by atomic mass is 16.5. The molecule has 0 N–H and O–H groups in total. The third-order valence-corrected chi connectivity index (χ3v) is 5.67. The predicted molar refractivity (Wildman–Crippen MR) is 103 cm³/mol. The van der Waals surface area contributed by atoms with E-state index in [1.807, 2.05) is 36.4 Å². The van der Waals surface area contributed by atoms with Crippen molar-refractivity contribution in [3.63, 3.8) is 0 Å². The summed E-state index contributed by atoms with van der Waals surface area (Å²) in [5, 5.41) is 0. The zero-order valence-corrected chi connectivity index (χ0v) is 16.6. The molecule has 2 saturated heterocycles. The van der Waals surface area contributed by atoms with Gasteiger partial charge in [-0.15, -0.1) is 0 Å². The van der Waals surface area contributed by atoms with Gasteiger partial charge < -0.3 is 28.4 Å². The maximum absolute atomic E-state index is 6.22. The SMILES string of the molecule is COc1cc(OC)cc([C@H]2OC[C@H]3[C@@H]2CO[C@@H]3c2cc(OC)cc(OC)c2)c1. The highest BCUT2D eigenvalue weighted by Gasteiger charge is 2.48. The summed E-state index contributed by atoms with van der Waals surface area (Å²) in [6.07, 6.45) is -0.0991. The summed E-state index contributed by atoms with van der Waals surface area (Å²) >= 11 is 0. The number of benzene rings is 2. The van der Waals surface area contributed by atoms with E-state index in [2.05, 4.69) is 0 Å². The second-order valence-corrected chi connectivity index (χ2v) is 7.13. The average molecular weight is 386 g/mol.